The highest BCUT2D eigenvalue weighted by atomic mass is 32.1. The van der Waals surface area contributed by atoms with Crippen LogP contribution in [0.3, 0.4) is 0 Å². The fourth-order valence-corrected chi connectivity index (χ4v) is 4.56. The lowest BCUT2D eigenvalue weighted by molar-refractivity contribution is -0.384. The predicted octanol–water partition coefficient (Wildman–Crippen LogP) is 6.42. The third kappa shape index (κ3) is 2.44. The van der Waals surface area contributed by atoms with Crippen LogP contribution in [0.15, 0.2) is 84.2 Å². The molecule has 27 heavy (non-hydrogen) atoms. The standard InChI is InChI=1S/C22H14N2O2S/c25-24(26)20-9-5-4-8-17(20)15-10-11-18-19-12-13-27-22(19)23(21(18)14-15)16-6-2-1-3-7-16/h1-14H. The van der Waals surface area contributed by atoms with Gasteiger partial charge in [-0.25, -0.2) is 0 Å². The zero-order valence-corrected chi connectivity index (χ0v) is 15.0. The summed E-state index contributed by atoms with van der Waals surface area (Å²) >= 11 is 1.70. The quantitative estimate of drug-likeness (QED) is 0.272. The Balaban J connectivity index is 1.84. The number of hydrogen-bond acceptors (Lipinski definition) is 3. The molecule has 0 bridgehead atoms. The minimum absolute atomic E-state index is 0.122. The molecule has 0 fully saturated rings. The molecule has 0 aliphatic rings. The normalized spacial score (nSPS) is 11.3. The van der Waals surface area contributed by atoms with Crippen molar-refractivity contribution in [3.05, 3.63) is 94.4 Å². The van der Waals surface area contributed by atoms with Gasteiger partial charge >= 0.3 is 0 Å². The Labute approximate surface area is 159 Å². The number of thiophene rings is 1. The fraction of sp³-hybridized carbons (Fsp3) is 0. The van der Waals surface area contributed by atoms with E-state index in [0.29, 0.717) is 5.56 Å². The van der Waals surface area contributed by atoms with Crippen molar-refractivity contribution < 1.29 is 4.92 Å². The van der Waals surface area contributed by atoms with Gasteiger partial charge in [-0.05, 0) is 41.3 Å². The van der Waals surface area contributed by atoms with E-state index in [9.17, 15) is 10.1 Å². The summed E-state index contributed by atoms with van der Waals surface area (Å²) in [6.07, 6.45) is 0. The van der Waals surface area contributed by atoms with Gasteiger partial charge in [0.25, 0.3) is 5.69 Å². The summed E-state index contributed by atoms with van der Waals surface area (Å²) in [7, 11) is 0. The summed E-state index contributed by atoms with van der Waals surface area (Å²) in [6, 6.07) is 25.3. The first-order valence-electron chi connectivity index (χ1n) is 8.55. The van der Waals surface area contributed by atoms with Crippen LogP contribution in [0.4, 0.5) is 5.69 Å². The average Bonchev–Trinajstić information content (AvgIpc) is 3.28. The van der Waals surface area contributed by atoms with E-state index < -0.39 is 0 Å². The molecule has 2 aromatic heterocycles. The molecular weight excluding hydrogens is 356 g/mol. The van der Waals surface area contributed by atoms with E-state index in [0.717, 1.165) is 22.2 Å². The van der Waals surface area contributed by atoms with Crippen molar-refractivity contribution in [3.63, 3.8) is 0 Å². The van der Waals surface area contributed by atoms with E-state index in [1.165, 1.54) is 10.2 Å². The first-order chi connectivity index (χ1) is 13.2. The molecular formula is C22H14N2O2S. The van der Waals surface area contributed by atoms with Crippen molar-refractivity contribution in [2.24, 2.45) is 0 Å². The molecule has 0 saturated heterocycles. The van der Waals surface area contributed by atoms with Crippen LogP contribution in [0.1, 0.15) is 0 Å². The number of aromatic nitrogens is 1. The Morgan fingerprint density at radius 3 is 2.44 bits per heavy atom. The molecule has 0 atom stereocenters. The lowest BCUT2D eigenvalue weighted by Gasteiger charge is -2.08. The van der Waals surface area contributed by atoms with Crippen LogP contribution in [0.2, 0.25) is 0 Å². The molecule has 5 rings (SSSR count). The number of hydrogen-bond donors (Lipinski definition) is 0. The summed E-state index contributed by atoms with van der Waals surface area (Å²) < 4.78 is 2.23. The van der Waals surface area contributed by atoms with Crippen LogP contribution in [0, 0.1) is 10.1 Å². The van der Waals surface area contributed by atoms with Crippen LogP contribution >= 0.6 is 11.3 Å². The second-order valence-corrected chi connectivity index (χ2v) is 7.21. The van der Waals surface area contributed by atoms with Gasteiger partial charge in [0.2, 0.25) is 0 Å². The molecule has 5 heteroatoms. The van der Waals surface area contributed by atoms with Gasteiger partial charge in [0.15, 0.2) is 0 Å². The number of fused-ring (bicyclic) bond motifs is 3. The molecule has 130 valence electrons. The molecule has 0 spiro atoms. The molecule has 0 aliphatic heterocycles. The van der Waals surface area contributed by atoms with E-state index in [2.05, 4.69) is 40.3 Å². The van der Waals surface area contributed by atoms with Crippen molar-refractivity contribution >= 4 is 38.1 Å². The largest absolute Gasteiger partial charge is 0.301 e. The monoisotopic (exact) mass is 370 g/mol. The van der Waals surface area contributed by atoms with Gasteiger partial charge in [-0.15, -0.1) is 11.3 Å². The molecule has 2 heterocycles. The molecule has 0 radical (unpaired) electrons. The van der Waals surface area contributed by atoms with Gasteiger partial charge in [-0.3, -0.25) is 10.1 Å². The van der Waals surface area contributed by atoms with Crippen LogP contribution in [-0.2, 0) is 0 Å². The van der Waals surface area contributed by atoms with E-state index in [1.54, 1.807) is 29.5 Å². The first kappa shape index (κ1) is 15.8. The van der Waals surface area contributed by atoms with Crippen LogP contribution in [0.5, 0.6) is 0 Å². The van der Waals surface area contributed by atoms with Gasteiger partial charge < -0.3 is 4.57 Å². The maximum atomic E-state index is 11.4. The molecule has 5 aromatic rings. The highest BCUT2D eigenvalue weighted by Gasteiger charge is 2.18. The SMILES string of the molecule is O=[N+]([O-])c1ccccc1-c1ccc2c3ccsc3n(-c3ccccc3)c2c1. The second-order valence-electron chi connectivity index (χ2n) is 6.32. The summed E-state index contributed by atoms with van der Waals surface area (Å²) in [5.41, 5.74) is 3.74. The van der Waals surface area contributed by atoms with Gasteiger partial charge in [0, 0.05) is 22.5 Å². The van der Waals surface area contributed by atoms with Crippen molar-refractivity contribution in [1.82, 2.24) is 4.57 Å². The maximum Gasteiger partial charge on any atom is 0.277 e. The lowest BCUT2D eigenvalue weighted by Crippen LogP contribution is -1.94. The minimum atomic E-state index is -0.325. The third-order valence-corrected chi connectivity index (χ3v) is 5.70. The highest BCUT2D eigenvalue weighted by Crippen LogP contribution is 2.38. The highest BCUT2D eigenvalue weighted by molar-refractivity contribution is 7.17. The topological polar surface area (TPSA) is 48.1 Å². The lowest BCUT2D eigenvalue weighted by atomic mass is 10.0. The van der Waals surface area contributed by atoms with Gasteiger partial charge in [-0.1, -0.05) is 42.5 Å². The number of rotatable bonds is 3. The number of nitro benzene ring substituents is 1. The summed E-state index contributed by atoms with van der Waals surface area (Å²) in [5, 5.41) is 15.9. The number of nitrogens with zero attached hydrogens (tertiary/aromatic N) is 2. The van der Waals surface area contributed by atoms with E-state index in [4.69, 9.17) is 0 Å². The molecule has 0 amide bonds. The summed E-state index contributed by atoms with van der Waals surface area (Å²) in [6.45, 7) is 0. The molecule has 0 N–H and O–H groups in total. The van der Waals surface area contributed by atoms with Crippen molar-refractivity contribution in [2.45, 2.75) is 0 Å². The Morgan fingerprint density at radius 2 is 1.63 bits per heavy atom. The predicted molar refractivity (Wildman–Crippen MR) is 111 cm³/mol. The van der Waals surface area contributed by atoms with Gasteiger partial charge in [-0.2, -0.15) is 0 Å². The maximum absolute atomic E-state index is 11.4. The van der Waals surface area contributed by atoms with Crippen LogP contribution < -0.4 is 0 Å². The van der Waals surface area contributed by atoms with Crippen molar-refractivity contribution in [3.8, 4) is 16.8 Å². The van der Waals surface area contributed by atoms with E-state index >= 15 is 0 Å². The zero-order chi connectivity index (χ0) is 18.4. The van der Waals surface area contributed by atoms with Crippen LogP contribution in [0.25, 0.3) is 37.9 Å². The van der Waals surface area contributed by atoms with Crippen molar-refractivity contribution in [2.75, 3.05) is 0 Å². The number of para-hydroxylation sites is 2. The Hall–Kier alpha value is -3.44. The van der Waals surface area contributed by atoms with E-state index in [1.807, 2.05) is 30.3 Å². The van der Waals surface area contributed by atoms with E-state index in [-0.39, 0.29) is 10.6 Å². The fourth-order valence-electron chi connectivity index (χ4n) is 3.61. The Morgan fingerprint density at radius 1 is 0.852 bits per heavy atom. The van der Waals surface area contributed by atoms with Gasteiger partial charge in [0.05, 0.1) is 16.0 Å². The molecule has 3 aromatic carbocycles. The van der Waals surface area contributed by atoms with Crippen molar-refractivity contribution in [1.29, 1.82) is 0 Å². The molecule has 0 unspecified atom stereocenters. The smallest absolute Gasteiger partial charge is 0.277 e. The molecule has 0 aliphatic carbocycles. The number of benzene rings is 3. The first-order valence-corrected chi connectivity index (χ1v) is 9.43. The Bertz CT molecular complexity index is 1300. The van der Waals surface area contributed by atoms with Crippen LogP contribution in [-0.4, -0.2) is 9.49 Å². The summed E-state index contributed by atoms with van der Waals surface area (Å²) in [5.74, 6) is 0. The van der Waals surface area contributed by atoms with Gasteiger partial charge in [0.1, 0.15) is 4.83 Å². The minimum Gasteiger partial charge on any atom is -0.301 e. The summed E-state index contributed by atoms with van der Waals surface area (Å²) in [4.78, 5) is 12.3. The second kappa shape index (κ2) is 6.07. The Kier molecular flexibility index (Phi) is 3.55. The molecule has 0 saturated carbocycles. The zero-order valence-electron chi connectivity index (χ0n) is 14.2. The average molecular weight is 370 g/mol. The molecule has 4 nitrogen and oxygen atoms in total. The third-order valence-electron chi connectivity index (χ3n) is 4.80. The number of nitro groups is 1.